The van der Waals surface area contributed by atoms with Crippen LogP contribution in [-0.4, -0.2) is 42.3 Å². The number of hydrogen-bond donors (Lipinski definition) is 2. The van der Waals surface area contributed by atoms with Crippen LogP contribution in [0.2, 0.25) is 0 Å². The van der Waals surface area contributed by atoms with Crippen LogP contribution in [0.5, 0.6) is 5.75 Å². The van der Waals surface area contributed by atoms with Crippen molar-refractivity contribution in [1.29, 1.82) is 0 Å². The van der Waals surface area contributed by atoms with Crippen molar-refractivity contribution in [3.05, 3.63) is 29.8 Å². The molecule has 1 fully saturated rings. The van der Waals surface area contributed by atoms with Crippen LogP contribution in [0.1, 0.15) is 10.4 Å². The van der Waals surface area contributed by atoms with E-state index in [2.05, 4.69) is 5.43 Å². The van der Waals surface area contributed by atoms with E-state index in [-0.39, 0.29) is 17.2 Å². The number of ether oxygens (including phenoxy) is 1. The lowest BCUT2D eigenvalue weighted by molar-refractivity contribution is 0.0125. The summed E-state index contributed by atoms with van der Waals surface area (Å²) in [4.78, 5) is 11.8. The van der Waals surface area contributed by atoms with E-state index in [0.29, 0.717) is 26.3 Å². The van der Waals surface area contributed by atoms with Crippen LogP contribution < -0.4 is 5.43 Å². The normalized spacial score (nSPS) is 17.0. The summed E-state index contributed by atoms with van der Waals surface area (Å²) in [5.41, 5.74) is 3.02. The minimum atomic E-state index is -0.292. The largest absolute Gasteiger partial charge is 0.507 e. The molecule has 16 heavy (non-hydrogen) atoms. The number of nitrogens with one attached hydrogen (secondary N) is 1. The highest BCUT2D eigenvalue weighted by molar-refractivity contribution is 5.96. The third kappa shape index (κ3) is 2.50. The van der Waals surface area contributed by atoms with Crippen LogP contribution in [-0.2, 0) is 4.74 Å². The van der Waals surface area contributed by atoms with E-state index in [9.17, 15) is 9.90 Å². The standard InChI is InChI=1S/C11H14N2O3/c14-10-4-2-1-3-9(10)11(15)12-13-5-7-16-8-6-13/h1-4,14H,5-8H2,(H,12,15). The zero-order valence-electron chi connectivity index (χ0n) is 8.85. The molecule has 1 saturated heterocycles. The quantitative estimate of drug-likeness (QED) is 0.759. The Bertz CT molecular complexity index is 375. The van der Waals surface area contributed by atoms with E-state index in [1.807, 2.05) is 0 Å². The first kappa shape index (κ1) is 10.9. The van der Waals surface area contributed by atoms with Gasteiger partial charge < -0.3 is 9.84 Å². The summed E-state index contributed by atoms with van der Waals surface area (Å²) in [6.07, 6.45) is 0. The minimum Gasteiger partial charge on any atom is -0.507 e. The highest BCUT2D eigenvalue weighted by atomic mass is 16.5. The fourth-order valence-electron chi connectivity index (χ4n) is 1.54. The van der Waals surface area contributed by atoms with Crippen molar-refractivity contribution in [2.45, 2.75) is 0 Å². The molecule has 0 saturated carbocycles. The highest BCUT2D eigenvalue weighted by Crippen LogP contribution is 2.15. The van der Waals surface area contributed by atoms with Crippen LogP contribution in [0.3, 0.4) is 0 Å². The molecule has 5 nitrogen and oxygen atoms in total. The van der Waals surface area contributed by atoms with E-state index < -0.39 is 0 Å². The number of para-hydroxylation sites is 1. The van der Waals surface area contributed by atoms with Crippen LogP contribution in [0.15, 0.2) is 24.3 Å². The van der Waals surface area contributed by atoms with Crippen molar-refractivity contribution in [1.82, 2.24) is 10.4 Å². The second-order valence-electron chi connectivity index (χ2n) is 3.56. The molecule has 1 aliphatic heterocycles. The van der Waals surface area contributed by atoms with Gasteiger partial charge in [0.05, 0.1) is 18.8 Å². The monoisotopic (exact) mass is 222 g/mol. The summed E-state index contributed by atoms with van der Waals surface area (Å²) in [5, 5.41) is 11.3. The molecule has 0 spiro atoms. The van der Waals surface area contributed by atoms with Gasteiger partial charge in [-0.2, -0.15) is 0 Å². The number of hydrogen-bond acceptors (Lipinski definition) is 4. The van der Waals surface area contributed by atoms with E-state index in [4.69, 9.17) is 4.74 Å². The van der Waals surface area contributed by atoms with Gasteiger partial charge in [0.2, 0.25) is 0 Å². The number of aromatic hydroxyl groups is 1. The number of hydrazine groups is 1. The molecular weight excluding hydrogens is 208 g/mol. The lowest BCUT2D eigenvalue weighted by Crippen LogP contribution is -2.48. The second kappa shape index (κ2) is 4.96. The number of morpholine rings is 1. The molecule has 1 aromatic rings. The van der Waals surface area contributed by atoms with E-state index >= 15 is 0 Å². The number of phenolic OH excluding ortho intramolecular Hbond substituents is 1. The molecule has 2 rings (SSSR count). The van der Waals surface area contributed by atoms with Gasteiger partial charge in [-0.05, 0) is 12.1 Å². The predicted molar refractivity (Wildman–Crippen MR) is 58.0 cm³/mol. The first-order chi connectivity index (χ1) is 7.77. The Morgan fingerprint density at radius 3 is 2.69 bits per heavy atom. The molecule has 1 aromatic carbocycles. The average Bonchev–Trinajstić information content (AvgIpc) is 2.31. The zero-order valence-corrected chi connectivity index (χ0v) is 8.85. The third-order valence-corrected chi connectivity index (χ3v) is 2.42. The Kier molecular flexibility index (Phi) is 3.38. The third-order valence-electron chi connectivity index (χ3n) is 2.42. The summed E-state index contributed by atoms with van der Waals surface area (Å²) in [7, 11) is 0. The Balaban J connectivity index is 2.00. The van der Waals surface area contributed by atoms with Gasteiger partial charge in [-0.25, -0.2) is 5.01 Å². The summed E-state index contributed by atoms with van der Waals surface area (Å²) >= 11 is 0. The van der Waals surface area contributed by atoms with Crippen molar-refractivity contribution in [2.24, 2.45) is 0 Å². The maximum atomic E-state index is 11.8. The number of carbonyl (C=O) groups excluding carboxylic acids is 1. The maximum Gasteiger partial charge on any atom is 0.269 e. The summed E-state index contributed by atoms with van der Waals surface area (Å²) in [5.74, 6) is -0.298. The molecule has 86 valence electrons. The minimum absolute atomic E-state index is 0.00624. The summed E-state index contributed by atoms with van der Waals surface area (Å²) in [6.45, 7) is 2.56. The molecular formula is C11H14N2O3. The molecule has 0 atom stereocenters. The van der Waals surface area contributed by atoms with Crippen LogP contribution in [0.4, 0.5) is 0 Å². The van der Waals surface area contributed by atoms with Crippen LogP contribution in [0.25, 0.3) is 0 Å². The van der Waals surface area contributed by atoms with Gasteiger partial charge in [-0.3, -0.25) is 10.2 Å². The molecule has 0 radical (unpaired) electrons. The lowest BCUT2D eigenvalue weighted by Gasteiger charge is -2.26. The molecule has 0 aliphatic carbocycles. The number of amides is 1. The van der Waals surface area contributed by atoms with Crippen LogP contribution >= 0.6 is 0 Å². The van der Waals surface area contributed by atoms with Crippen molar-refractivity contribution in [3.63, 3.8) is 0 Å². The Hall–Kier alpha value is -1.59. The second-order valence-corrected chi connectivity index (χ2v) is 3.56. The Morgan fingerprint density at radius 1 is 1.31 bits per heavy atom. The van der Waals surface area contributed by atoms with Gasteiger partial charge in [-0.15, -0.1) is 0 Å². The first-order valence-corrected chi connectivity index (χ1v) is 5.19. The van der Waals surface area contributed by atoms with Gasteiger partial charge >= 0.3 is 0 Å². The Morgan fingerprint density at radius 2 is 2.00 bits per heavy atom. The van der Waals surface area contributed by atoms with Crippen LogP contribution in [0, 0.1) is 0 Å². The number of rotatable bonds is 2. The molecule has 5 heteroatoms. The summed E-state index contributed by atoms with van der Waals surface area (Å²) in [6, 6.07) is 6.48. The van der Waals surface area contributed by atoms with Gasteiger partial charge in [0.15, 0.2) is 0 Å². The van der Waals surface area contributed by atoms with Crippen molar-refractivity contribution < 1.29 is 14.6 Å². The number of nitrogens with zero attached hydrogens (tertiary/aromatic N) is 1. The SMILES string of the molecule is O=C(NN1CCOCC1)c1ccccc1O. The smallest absolute Gasteiger partial charge is 0.269 e. The van der Waals surface area contributed by atoms with Crippen molar-refractivity contribution in [2.75, 3.05) is 26.3 Å². The fourth-order valence-corrected chi connectivity index (χ4v) is 1.54. The Labute approximate surface area is 93.6 Å². The lowest BCUT2D eigenvalue weighted by atomic mass is 10.2. The molecule has 0 bridgehead atoms. The first-order valence-electron chi connectivity index (χ1n) is 5.19. The maximum absolute atomic E-state index is 11.8. The van der Waals surface area contributed by atoms with E-state index in [1.165, 1.54) is 6.07 Å². The number of benzene rings is 1. The number of phenols is 1. The molecule has 1 amide bonds. The van der Waals surface area contributed by atoms with Crippen molar-refractivity contribution in [3.8, 4) is 5.75 Å². The highest BCUT2D eigenvalue weighted by Gasteiger charge is 2.15. The average molecular weight is 222 g/mol. The van der Waals surface area contributed by atoms with E-state index in [0.717, 1.165) is 0 Å². The van der Waals surface area contributed by atoms with Gasteiger partial charge in [0, 0.05) is 13.1 Å². The molecule has 0 unspecified atom stereocenters. The van der Waals surface area contributed by atoms with Gasteiger partial charge in [0.25, 0.3) is 5.91 Å². The zero-order chi connectivity index (χ0) is 11.4. The predicted octanol–water partition coefficient (Wildman–Crippen LogP) is 0.369. The molecule has 1 aliphatic rings. The summed E-state index contributed by atoms with van der Waals surface area (Å²) < 4.78 is 5.17. The van der Waals surface area contributed by atoms with Gasteiger partial charge in [-0.1, -0.05) is 12.1 Å². The number of carbonyl (C=O) groups is 1. The molecule has 0 aromatic heterocycles. The molecule has 1 heterocycles. The fraction of sp³-hybridized carbons (Fsp3) is 0.364. The molecule has 2 N–H and O–H groups in total. The van der Waals surface area contributed by atoms with Crippen molar-refractivity contribution >= 4 is 5.91 Å². The van der Waals surface area contributed by atoms with E-state index in [1.54, 1.807) is 23.2 Å². The van der Waals surface area contributed by atoms with Gasteiger partial charge in [0.1, 0.15) is 5.75 Å². The topological polar surface area (TPSA) is 61.8 Å².